The standard InChI is InChI=1S/C20H35N5S/c1-15(2)25-13-16(3)17(14-25)23-20(21-4)22-12-18(19-8-7-11-26-19)24-9-5-6-10-24/h7-8,11,15-18H,5-6,9-10,12-14H2,1-4H3,(H2,21,22,23). The summed E-state index contributed by atoms with van der Waals surface area (Å²) >= 11 is 1.87. The summed E-state index contributed by atoms with van der Waals surface area (Å²) in [5, 5.41) is 9.47. The lowest BCUT2D eigenvalue weighted by molar-refractivity contribution is 0.248. The van der Waals surface area contributed by atoms with Gasteiger partial charge in [0.2, 0.25) is 0 Å². The maximum atomic E-state index is 4.50. The molecular weight excluding hydrogens is 342 g/mol. The van der Waals surface area contributed by atoms with Crippen molar-refractivity contribution in [2.45, 2.75) is 51.7 Å². The van der Waals surface area contributed by atoms with Gasteiger partial charge in [0.25, 0.3) is 0 Å². The molecule has 5 nitrogen and oxygen atoms in total. The minimum Gasteiger partial charge on any atom is -0.354 e. The lowest BCUT2D eigenvalue weighted by Crippen LogP contribution is -2.48. The predicted molar refractivity (Wildman–Crippen MR) is 112 cm³/mol. The predicted octanol–water partition coefficient (Wildman–Crippen LogP) is 2.78. The molecule has 0 bridgehead atoms. The van der Waals surface area contributed by atoms with Crippen molar-refractivity contribution in [2.24, 2.45) is 10.9 Å². The summed E-state index contributed by atoms with van der Waals surface area (Å²) < 4.78 is 0. The zero-order chi connectivity index (χ0) is 18.5. The minimum absolute atomic E-state index is 0.448. The highest BCUT2D eigenvalue weighted by atomic mass is 32.1. The Morgan fingerprint density at radius 3 is 2.62 bits per heavy atom. The van der Waals surface area contributed by atoms with Gasteiger partial charge in [-0.05, 0) is 57.1 Å². The molecule has 0 saturated carbocycles. The summed E-state index contributed by atoms with van der Waals surface area (Å²) in [6, 6.07) is 5.96. The van der Waals surface area contributed by atoms with Crippen molar-refractivity contribution in [3.63, 3.8) is 0 Å². The van der Waals surface area contributed by atoms with Crippen LogP contribution in [0, 0.1) is 5.92 Å². The van der Waals surface area contributed by atoms with Gasteiger partial charge < -0.3 is 10.6 Å². The van der Waals surface area contributed by atoms with Crippen LogP contribution >= 0.6 is 11.3 Å². The molecule has 0 aromatic carbocycles. The topological polar surface area (TPSA) is 42.9 Å². The number of nitrogens with one attached hydrogen (secondary N) is 2. The van der Waals surface area contributed by atoms with E-state index < -0.39 is 0 Å². The molecule has 1 aromatic heterocycles. The van der Waals surface area contributed by atoms with Gasteiger partial charge in [-0.3, -0.25) is 14.8 Å². The van der Waals surface area contributed by atoms with Crippen LogP contribution in [0.4, 0.5) is 0 Å². The molecule has 6 heteroatoms. The summed E-state index contributed by atoms with van der Waals surface area (Å²) in [4.78, 5) is 11.1. The van der Waals surface area contributed by atoms with Crippen molar-refractivity contribution in [1.82, 2.24) is 20.4 Å². The van der Waals surface area contributed by atoms with Crippen LogP contribution in [0.1, 0.15) is 44.5 Å². The monoisotopic (exact) mass is 377 g/mol. The van der Waals surface area contributed by atoms with Crippen LogP contribution in [0.2, 0.25) is 0 Å². The summed E-state index contributed by atoms with van der Waals surface area (Å²) in [6.07, 6.45) is 2.64. The van der Waals surface area contributed by atoms with E-state index in [0.717, 1.165) is 25.6 Å². The smallest absolute Gasteiger partial charge is 0.191 e. The second-order valence-electron chi connectivity index (χ2n) is 8.00. The van der Waals surface area contributed by atoms with Crippen molar-refractivity contribution < 1.29 is 0 Å². The minimum atomic E-state index is 0.448. The van der Waals surface area contributed by atoms with Gasteiger partial charge in [0.1, 0.15) is 0 Å². The van der Waals surface area contributed by atoms with Gasteiger partial charge in [0, 0.05) is 43.6 Å². The summed E-state index contributed by atoms with van der Waals surface area (Å²) in [5.41, 5.74) is 0. The number of likely N-dealkylation sites (tertiary alicyclic amines) is 2. The van der Waals surface area contributed by atoms with Crippen LogP contribution in [0.25, 0.3) is 0 Å². The molecule has 0 radical (unpaired) electrons. The van der Waals surface area contributed by atoms with Crippen molar-refractivity contribution in [3.8, 4) is 0 Å². The molecule has 2 aliphatic rings. The highest BCUT2D eigenvalue weighted by Gasteiger charge is 2.31. The summed E-state index contributed by atoms with van der Waals surface area (Å²) in [6.45, 7) is 12.5. The van der Waals surface area contributed by atoms with E-state index in [1.165, 1.54) is 30.8 Å². The van der Waals surface area contributed by atoms with Crippen LogP contribution < -0.4 is 10.6 Å². The lowest BCUT2D eigenvalue weighted by atomic mass is 10.1. The van der Waals surface area contributed by atoms with Gasteiger partial charge >= 0.3 is 0 Å². The van der Waals surface area contributed by atoms with E-state index in [-0.39, 0.29) is 0 Å². The molecule has 2 fully saturated rings. The Hall–Kier alpha value is -1.11. The summed E-state index contributed by atoms with van der Waals surface area (Å²) in [7, 11) is 1.88. The molecule has 0 amide bonds. The number of hydrogen-bond donors (Lipinski definition) is 2. The third-order valence-corrected chi connectivity index (χ3v) is 6.81. The van der Waals surface area contributed by atoms with Gasteiger partial charge in [-0.15, -0.1) is 11.3 Å². The zero-order valence-corrected chi connectivity index (χ0v) is 17.6. The Morgan fingerprint density at radius 2 is 2.04 bits per heavy atom. The molecule has 2 saturated heterocycles. The Bertz CT molecular complexity index is 565. The van der Waals surface area contributed by atoms with Crippen LogP contribution in [-0.2, 0) is 0 Å². The molecule has 2 N–H and O–H groups in total. The third kappa shape index (κ3) is 4.78. The van der Waals surface area contributed by atoms with Gasteiger partial charge in [-0.1, -0.05) is 13.0 Å². The fourth-order valence-electron chi connectivity index (χ4n) is 4.12. The highest BCUT2D eigenvalue weighted by molar-refractivity contribution is 7.10. The van der Waals surface area contributed by atoms with Crippen LogP contribution in [0.3, 0.4) is 0 Å². The zero-order valence-electron chi connectivity index (χ0n) is 16.7. The molecule has 0 aliphatic carbocycles. The summed E-state index contributed by atoms with van der Waals surface area (Å²) in [5.74, 6) is 1.58. The number of guanidine groups is 1. The average molecular weight is 378 g/mol. The first-order chi connectivity index (χ1) is 12.6. The molecule has 146 valence electrons. The first-order valence-corrected chi connectivity index (χ1v) is 10.9. The average Bonchev–Trinajstić information content (AvgIpc) is 3.37. The van der Waals surface area contributed by atoms with E-state index >= 15 is 0 Å². The first-order valence-electron chi connectivity index (χ1n) is 10.1. The van der Waals surface area contributed by atoms with Crippen LogP contribution in [0.15, 0.2) is 22.5 Å². The Labute approximate surface area is 162 Å². The molecule has 3 rings (SSSR count). The van der Waals surface area contributed by atoms with Crippen LogP contribution in [-0.4, -0.2) is 67.6 Å². The SMILES string of the molecule is CN=C(NCC(c1cccs1)N1CCCC1)NC1CN(C(C)C)CC1C. The number of rotatable bonds is 6. The Morgan fingerprint density at radius 1 is 1.27 bits per heavy atom. The Balaban J connectivity index is 1.57. The van der Waals surface area contributed by atoms with E-state index in [9.17, 15) is 0 Å². The quantitative estimate of drug-likeness (QED) is 0.591. The van der Waals surface area contributed by atoms with Crippen molar-refractivity contribution in [1.29, 1.82) is 0 Å². The second-order valence-corrected chi connectivity index (χ2v) is 8.98. The van der Waals surface area contributed by atoms with Crippen molar-refractivity contribution in [2.75, 3.05) is 39.8 Å². The van der Waals surface area contributed by atoms with Gasteiger partial charge in [0.05, 0.1) is 6.04 Å². The number of thiophene rings is 1. The van der Waals surface area contributed by atoms with Crippen LogP contribution in [0.5, 0.6) is 0 Å². The van der Waals surface area contributed by atoms with E-state index in [4.69, 9.17) is 0 Å². The fraction of sp³-hybridized carbons (Fsp3) is 0.750. The maximum Gasteiger partial charge on any atom is 0.191 e. The van der Waals surface area contributed by atoms with Gasteiger partial charge in [0.15, 0.2) is 5.96 Å². The maximum absolute atomic E-state index is 4.50. The number of aliphatic imine (C=N–C) groups is 1. The second kappa shape index (κ2) is 9.20. The number of nitrogens with zero attached hydrogens (tertiary/aromatic N) is 3. The van der Waals surface area contributed by atoms with Crippen molar-refractivity contribution in [3.05, 3.63) is 22.4 Å². The van der Waals surface area contributed by atoms with E-state index in [0.29, 0.717) is 24.0 Å². The normalized spacial score (nSPS) is 26.6. The molecule has 3 atom stereocenters. The molecule has 3 unspecified atom stereocenters. The fourth-order valence-corrected chi connectivity index (χ4v) is 4.98. The van der Waals surface area contributed by atoms with E-state index in [1.54, 1.807) is 0 Å². The van der Waals surface area contributed by atoms with Gasteiger partial charge in [-0.2, -0.15) is 0 Å². The number of hydrogen-bond acceptors (Lipinski definition) is 4. The third-order valence-electron chi connectivity index (χ3n) is 5.83. The largest absolute Gasteiger partial charge is 0.354 e. The molecule has 1 aromatic rings. The van der Waals surface area contributed by atoms with Gasteiger partial charge in [-0.25, -0.2) is 0 Å². The molecule has 0 spiro atoms. The molecule has 26 heavy (non-hydrogen) atoms. The first kappa shape index (κ1) is 19.6. The molecular formula is C20H35N5S. The Kier molecular flexibility index (Phi) is 6.95. The van der Waals surface area contributed by atoms with Crippen molar-refractivity contribution >= 4 is 17.3 Å². The van der Waals surface area contributed by atoms with E-state index in [1.807, 2.05) is 18.4 Å². The van der Waals surface area contributed by atoms with E-state index in [2.05, 4.69) is 63.7 Å². The molecule has 3 heterocycles. The molecule has 2 aliphatic heterocycles. The highest BCUT2D eigenvalue weighted by Crippen LogP contribution is 2.27. The lowest BCUT2D eigenvalue weighted by Gasteiger charge is -2.28.